The van der Waals surface area contributed by atoms with E-state index >= 15 is 0 Å². The molecule has 1 N–H and O–H groups in total. The third-order valence-electron chi connectivity index (χ3n) is 7.09. The zero-order valence-electron chi connectivity index (χ0n) is 21.0. The van der Waals surface area contributed by atoms with Gasteiger partial charge in [0, 0.05) is 35.5 Å². The Hall–Kier alpha value is -2.82. The van der Waals surface area contributed by atoms with Gasteiger partial charge in [0.1, 0.15) is 6.04 Å². The maximum absolute atomic E-state index is 13.8. The Kier molecular flexibility index (Phi) is 10.0. The normalized spacial score (nSPS) is 14.6. The lowest BCUT2D eigenvalue weighted by Gasteiger charge is -2.34. The fourth-order valence-corrected chi connectivity index (χ4v) is 5.42. The first-order valence-corrected chi connectivity index (χ1v) is 13.9. The fraction of sp³-hybridized carbons (Fsp3) is 0.355. The summed E-state index contributed by atoms with van der Waals surface area (Å²) in [4.78, 5) is 29.3. The Morgan fingerprint density at radius 1 is 0.811 bits per heavy atom. The number of nitrogens with zero attached hydrogens (tertiary/aromatic N) is 1. The van der Waals surface area contributed by atoms with Crippen molar-refractivity contribution >= 4 is 35.0 Å². The maximum Gasteiger partial charge on any atom is 0.243 e. The van der Waals surface area contributed by atoms with Gasteiger partial charge < -0.3 is 10.2 Å². The van der Waals surface area contributed by atoms with Gasteiger partial charge in [-0.05, 0) is 48.1 Å². The van der Waals surface area contributed by atoms with E-state index in [1.807, 2.05) is 78.9 Å². The molecule has 0 spiro atoms. The van der Waals surface area contributed by atoms with Gasteiger partial charge in [0.2, 0.25) is 11.8 Å². The maximum atomic E-state index is 13.8. The molecule has 0 saturated heterocycles. The summed E-state index contributed by atoms with van der Waals surface area (Å²) in [6.07, 6.45) is 6.59. The molecule has 6 heteroatoms. The van der Waals surface area contributed by atoms with E-state index in [2.05, 4.69) is 5.32 Å². The molecule has 3 aromatic rings. The Balaban J connectivity index is 1.62. The van der Waals surface area contributed by atoms with Crippen LogP contribution in [0.3, 0.4) is 0 Å². The van der Waals surface area contributed by atoms with E-state index in [0.717, 1.165) is 42.4 Å². The van der Waals surface area contributed by atoms with Gasteiger partial charge in [0.05, 0.1) is 0 Å². The van der Waals surface area contributed by atoms with Crippen molar-refractivity contribution in [3.63, 3.8) is 0 Å². The van der Waals surface area contributed by atoms with Gasteiger partial charge in [-0.25, -0.2) is 0 Å². The number of benzene rings is 3. The second kappa shape index (κ2) is 13.6. The van der Waals surface area contributed by atoms with Gasteiger partial charge in [-0.2, -0.15) is 0 Å². The molecule has 0 heterocycles. The van der Waals surface area contributed by atoms with E-state index in [-0.39, 0.29) is 30.8 Å². The van der Waals surface area contributed by atoms with Crippen LogP contribution < -0.4 is 5.32 Å². The van der Waals surface area contributed by atoms with Crippen molar-refractivity contribution in [1.82, 2.24) is 10.2 Å². The van der Waals surface area contributed by atoms with Crippen LogP contribution in [0.25, 0.3) is 0 Å². The van der Waals surface area contributed by atoms with E-state index in [9.17, 15) is 9.59 Å². The second-order valence-electron chi connectivity index (χ2n) is 9.75. The van der Waals surface area contributed by atoms with Crippen LogP contribution in [0, 0.1) is 0 Å². The first kappa shape index (κ1) is 27.2. The van der Waals surface area contributed by atoms with E-state index in [1.165, 1.54) is 6.42 Å². The number of hydrogen-bond acceptors (Lipinski definition) is 2. The van der Waals surface area contributed by atoms with Crippen molar-refractivity contribution in [3.05, 3.63) is 106 Å². The van der Waals surface area contributed by atoms with E-state index in [4.69, 9.17) is 23.2 Å². The number of nitrogens with one attached hydrogen (secondary N) is 1. The lowest BCUT2D eigenvalue weighted by molar-refractivity contribution is -0.141. The molecule has 0 unspecified atom stereocenters. The summed E-state index contributed by atoms with van der Waals surface area (Å²) < 4.78 is 0. The highest BCUT2D eigenvalue weighted by Gasteiger charge is 2.32. The molecule has 1 aliphatic carbocycles. The van der Waals surface area contributed by atoms with E-state index in [0.29, 0.717) is 22.9 Å². The molecule has 1 saturated carbocycles. The predicted molar refractivity (Wildman–Crippen MR) is 151 cm³/mol. The van der Waals surface area contributed by atoms with Gasteiger partial charge in [-0.1, -0.05) is 109 Å². The standard InChI is InChI=1S/C31H34Cl2N2O2/c32-27-17-9-7-13-24(27)19-20-30(36)35(22-25-14-8-10-18-28(25)33)29(21-23-11-3-1-4-12-23)31(37)34-26-15-5-2-6-16-26/h1,3-4,7-14,17-18,26,29H,2,5-6,15-16,19-22H2,(H,34,37)/t29-/m1/s1. The van der Waals surface area contributed by atoms with Gasteiger partial charge in [-0.3, -0.25) is 9.59 Å². The molecule has 0 aromatic heterocycles. The van der Waals surface area contributed by atoms with Crippen molar-refractivity contribution < 1.29 is 9.59 Å². The Bertz CT molecular complexity index is 1180. The number of amides is 2. The average molecular weight is 538 g/mol. The first-order valence-electron chi connectivity index (χ1n) is 13.1. The molecular formula is C31H34Cl2N2O2. The summed E-state index contributed by atoms with van der Waals surface area (Å²) in [6.45, 7) is 0.261. The number of halogens is 2. The summed E-state index contributed by atoms with van der Waals surface area (Å²) in [5.74, 6) is -0.200. The summed E-state index contributed by atoms with van der Waals surface area (Å²) >= 11 is 12.9. The summed E-state index contributed by atoms with van der Waals surface area (Å²) in [7, 11) is 0. The van der Waals surface area contributed by atoms with Crippen LogP contribution in [0.1, 0.15) is 55.2 Å². The molecule has 1 aliphatic rings. The quantitative estimate of drug-likeness (QED) is 0.302. The van der Waals surface area contributed by atoms with Crippen LogP contribution in [0.5, 0.6) is 0 Å². The van der Waals surface area contributed by atoms with Gasteiger partial charge in [-0.15, -0.1) is 0 Å². The highest BCUT2D eigenvalue weighted by molar-refractivity contribution is 6.31. The Morgan fingerprint density at radius 3 is 2.05 bits per heavy atom. The summed E-state index contributed by atoms with van der Waals surface area (Å²) in [6, 6.07) is 24.4. The van der Waals surface area contributed by atoms with Crippen LogP contribution >= 0.6 is 23.2 Å². The zero-order chi connectivity index (χ0) is 26.0. The third-order valence-corrected chi connectivity index (χ3v) is 7.82. The average Bonchev–Trinajstić information content (AvgIpc) is 2.92. The minimum absolute atomic E-state index is 0.0976. The molecule has 0 bridgehead atoms. The molecule has 2 amide bonds. The number of aryl methyl sites for hydroxylation is 1. The van der Waals surface area contributed by atoms with Crippen molar-refractivity contribution in [2.75, 3.05) is 0 Å². The number of carbonyl (C=O) groups is 2. The molecule has 0 aliphatic heterocycles. The smallest absolute Gasteiger partial charge is 0.243 e. The predicted octanol–water partition coefficient (Wildman–Crippen LogP) is 7.02. The van der Waals surface area contributed by atoms with Crippen LogP contribution in [0.15, 0.2) is 78.9 Å². The van der Waals surface area contributed by atoms with Crippen molar-refractivity contribution in [2.45, 2.75) is 70.0 Å². The monoisotopic (exact) mass is 536 g/mol. The Morgan fingerprint density at radius 2 is 1.41 bits per heavy atom. The topological polar surface area (TPSA) is 49.4 Å². The highest BCUT2D eigenvalue weighted by Crippen LogP contribution is 2.24. The SMILES string of the molecule is O=C(NC1CCCCC1)[C@@H](Cc1ccccc1)N(Cc1ccccc1Cl)C(=O)CCc1ccccc1Cl. The van der Waals surface area contributed by atoms with Crippen LogP contribution in [0.4, 0.5) is 0 Å². The van der Waals surface area contributed by atoms with E-state index < -0.39 is 6.04 Å². The van der Waals surface area contributed by atoms with E-state index in [1.54, 1.807) is 4.90 Å². The summed E-state index contributed by atoms with van der Waals surface area (Å²) in [5, 5.41) is 4.49. The van der Waals surface area contributed by atoms with Crippen molar-refractivity contribution in [3.8, 4) is 0 Å². The second-order valence-corrected chi connectivity index (χ2v) is 10.6. The molecule has 194 valence electrons. The highest BCUT2D eigenvalue weighted by atomic mass is 35.5. The summed E-state index contributed by atoms with van der Waals surface area (Å²) in [5.41, 5.74) is 2.75. The minimum atomic E-state index is -0.653. The van der Waals surface area contributed by atoms with Gasteiger partial charge in [0.25, 0.3) is 0 Å². The molecule has 0 radical (unpaired) electrons. The molecular weight excluding hydrogens is 503 g/mol. The van der Waals surface area contributed by atoms with Crippen LogP contribution in [-0.4, -0.2) is 28.8 Å². The fourth-order valence-electron chi connectivity index (χ4n) is 4.99. The van der Waals surface area contributed by atoms with Crippen molar-refractivity contribution in [1.29, 1.82) is 0 Å². The number of hydrogen-bond donors (Lipinski definition) is 1. The Labute approximate surface area is 230 Å². The molecule has 4 rings (SSSR count). The number of carbonyl (C=O) groups excluding carboxylic acids is 2. The van der Waals surface area contributed by atoms with Gasteiger partial charge >= 0.3 is 0 Å². The van der Waals surface area contributed by atoms with Crippen LogP contribution in [-0.2, 0) is 29.0 Å². The zero-order valence-corrected chi connectivity index (χ0v) is 22.6. The molecule has 4 nitrogen and oxygen atoms in total. The minimum Gasteiger partial charge on any atom is -0.352 e. The van der Waals surface area contributed by atoms with Gasteiger partial charge in [0.15, 0.2) is 0 Å². The molecule has 1 atom stereocenters. The lowest BCUT2D eigenvalue weighted by atomic mass is 9.94. The van der Waals surface area contributed by atoms with Crippen LogP contribution in [0.2, 0.25) is 10.0 Å². The third kappa shape index (κ3) is 7.83. The number of rotatable bonds is 10. The molecule has 3 aromatic carbocycles. The largest absolute Gasteiger partial charge is 0.352 e. The molecule has 37 heavy (non-hydrogen) atoms. The first-order chi connectivity index (χ1) is 18.0. The lowest BCUT2D eigenvalue weighted by Crippen LogP contribution is -2.53. The van der Waals surface area contributed by atoms with Crippen molar-refractivity contribution in [2.24, 2.45) is 0 Å². The molecule has 1 fully saturated rings.